The quantitative estimate of drug-likeness (QED) is 0.713. The molecule has 5 nitrogen and oxygen atoms in total. The van der Waals surface area contributed by atoms with Gasteiger partial charge in [0.05, 0.1) is 11.6 Å². The Morgan fingerprint density at radius 3 is 2.80 bits per heavy atom. The number of hydrogen-bond acceptors (Lipinski definition) is 3. The van der Waals surface area contributed by atoms with Gasteiger partial charge in [0, 0.05) is 17.3 Å². The summed E-state index contributed by atoms with van der Waals surface area (Å²) in [5, 5.41) is 2.17. The number of fused-ring (bicyclic) bond motifs is 1. The number of aromatic nitrogens is 2. The van der Waals surface area contributed by atoms with Crippen LogP contribution in [0.3, 0.4) is 0 Å². The summed E-state index contributed by atoms with van der Waals surface area (Å²) >= 11 is 3.52. The third-order valence-electron chi connectivity index (χ3n) is 4.32. The first kappa shape index (κ1) is 17.6. The molecule has 0 amide bonds. The lowest BCUT2D eigenvalue weighted by atomic mass is 10.1. The smallest absolute Gasteiger partial charge is 0.258 e. The van der Waals surface area contributed by atoms with Crippen molar-refractivity contribution < 1.29 is 10.1 Å². The number of benzene rings is 1. The highest BCUT2D eigenvalue weighted by molar-refractivity contribution is 9.10. The summed E-state index contributed by atoms with van der Waals surface area (Å²) in [6.45, 7) is 4.68. The summed E-state index contributed by atoms with van der Waals surface area (Å²) in [5.74, 6) is 0.815. The summed E-state index contributed by atoms with van der Waals surface area (Å²) in [6.07, 6.45) is 0. The van der Waals surface area contributed by atoms with Crippen LogP contribution >= 0.6 is 15.9 Å². The van der Waals surface area contributed by atoms with Gasteiger partial charge in [-0.15, -0.1) is 0 Å². The second-order valence-corrected chi connectivity index (χ2v) is 6.92. The van der Waals surface area contributed by atoms with Crippen molar-refractivity contribution in [2.24, 2.45) is 0 Å². The molecule has 1 atom stereocenters. The molecule has 2 aromatic heterocycles. The van der Waals surface area contributed by atoms with Crippen LogP contribution < -0.4 is 15.6 Å². The second-order valence-electron chi connectivity index (χ2n) is 6.07. The predicted octanol–water partition coefficient (Wildman–Crippen LogP) is 2.60. The molecular weight excluding hydrogens is 382 g/mol. The number of nitrogens with zero attached hydrogens (tertiary/aromatic N) is 2. The van der Waals surface area contributed by atoms with E-state index in [1.165, 1.54) is 5.56 Å². The number of nitrogens with two attached hydrogens (primary N) is 1. The molecule has 0 unspecified atom stereocenters. The average molecular weight is 403 g/mol. The number of methoxy groups -OCH3 is 1. The molecule has 3 aromatic rings. The van der Waals surface area contributed by atoms with Crippen molar-refractivity contribution >= 4 is 21.6 Å². The number of hydrogen-bond donors (Lipinski definition) is 1. The lowest BCUT2D eigenvalue weighted by Gasteiger charge is -2.13. The van der Waals surface area contributed by atoms with Crippen LogP contribution in [0.15, 0.2) is 51.7 Å². The molecule has 0 spiro atoms. The van der Waals surface area contributed by atoms with Crippen molar-refractivity contribution in [3.05, 3.63) is 74.2 Å². The van der Waals surface area contributed by atoms with E-state index in [1.54, 1.807) is 17.6 Å². The van der Waals surface area contributed by atoms with Gasteiger partial charge in [-0.05, 0) is 60.1 Å². The van der Waals surface area contributed by atoms with Crippen molar-refractivity contribution in [3.8, 4) is 5.75 Å². The Bertz CT molecular complexity index is 969. The van der Waals surface area contributed by atoms with Gasteiger partial charge in [0.2, 0.25) is 0 Å². The van der Waals surface area contributed by atoms with E-state index in [0.29, 0.717) is 12.2 Å². The minimum Gasteiger partial charge on any atom is -0.496 e. The molecule has 0 aliphatic carbocycles. The van der Waals surface area contributed by atoms with Gasteiger partial charge < -0.3 is 10.1 Å². The largest absolute Gasteiger partial charge is 0.496 e. The SMILES string of the molecule is COc1ccc([C@H](C)[NH2+]Cc2cc(=O)n3c(C)cccc3n2)cc1Br. The Kier molecular flexibility index (Phi) is 5.20. The molecule has 3 rings (SSSR count). The first-order valence-electron chi connectivity index (χ1n) is 8.14. The number of quaternary nitrogens is 1. The van der Waals surface area contributed by atoms with Crippen LogP contribution in [0.1, 0.15) is 29.9 Å². The molecule has 0 saturated carbocycles. The Balaban J connectivity index is 1.78. The minimum atomic E-state index is -0.0358. The van der Waals surface area contributed by atoms with Crippen LogP contribution in [0.25, 0.3) is 5.65 Å². The van der Waals surface area contributed by atoms with Crippen LogP contribution in [0.5, 0.6) is 5.75 Å². The molecule has 6 heteroatoms. The predicted molar refractivity (Wildman–Crippen MR) is 101 cm³/mol. The van der Waals surface area contributed by atoms with Crippen LogP contribution in [0.4, 0.5) is 0 Å². The molecule has 0 fully saturated rings. The lowest BCUT2D eigenvalue weighted by Crippen LogP contribution is -2.83. The van der Waals surface area contributed by atoms with E-state index in [0.717, 1.165) is 21.6 Å². The Labute approximate surface area is 154 Å². The number of halogens is 1. The highest BCUT2D eigenvalue weighted by Crippen LogP contribution is 2.27. The van der Waals surface area contributed by atoms with Gasteiger partial charge in [0.15, 0.2) is 0 Å². The maximum Gasteiger partial charge on any atom is 0.258 e. The molecule has 0 bridgehead atoms. The molecule has 2 N–H and O–H groups in total. The van der Waals surface area contributed by atoms with Crippen LogP contribution in [-0.2, 0) is 6.54 Å². The van der Waals surface area contributed by atoms with E-state index in [4.69, 9.17) is 4.74 Å². The van der Waals surface area contributed by atoms with Crippen molar-refractivity contribution in [3.63, 3.8) is 0 Å². The van der Waals surface area contributed by atoms with E-state index >= 15 is 0 Å². The fourth-order valence-electron chi connectivity index (χ4n) is 2.87. The van der Waals surface area contributed by atoms with E-state index in [2.05, 4.69) is 45.3 Å². The zero-order chi connectivity index (χ0) is 18.0. The summed E-state index contributed by atoms with van der Waals surface area (Å²) in [4.78, 5) is 16.9. The molecule has 0 aliphatic heterocycles. The Morgan fingerprint density at radius 2 is 2.08 bits per heavy atom. The van der Waals surface area contributed by atoms with Crippen molar-refractivity contribution in [2.45, 2.75) is 26.4 Å². The maximum absolute atomic E-state index is 12.3. The normalized spacial score (nSPS) is 12.3. The zero-order valence-corrected chi connectivity index (χ0v) is 16.1. The topological polar surface area (TPSA) is 60.2 Å². The van der Waals surface area contributed by atoms with E-state index in [1.807, 2.05) is 31.2 Å². The van der Waals surface area contributed by atoms with Gasteiger partial charge >= 0.3 is 0 Å². The van der Waals surface area contributed by atoms with Crippen LogP contribution in [0.2, 0.25) is 0 Å². The van der Waals surface area contributed by atoms with Gasteiger partial charge in [0.25, 0.3) is 5.56 Å². The highest BCUT2D eigenvalue weighted by Gasteiger charge is 2.12. The molecule has 130 valence electrons. The van der Waals surface area contributed by atoms with Crippen molar-refractivity contribution in [2.75, 3.05) is 7.11 Å². The van der Waals surface area contributed by atoms with Crippen molar-refractivity contribution in [1.82, 2.24) is 9.38 Å². The summed E-state index contributed by atoms with van der Waals surface area (Å²) in [6, 6.07) is 13.6. The van der Waals surface area contributed by atoms with Crippen molar-refractivity contribution in [1.29, 1.82) is 0 Å². The highest BCUT2D eigenvalue weighted by atomic mass is 79.9. The standard InChI is InChI=1S/C19H20BrN3O2/c1-12-5-4-6-18-22-15(10-19(24)23(12)18)11-21-13(2)14-7-8-17(25-3)16(20)9-14/h4-10,13,21H,11H2,1-3H3/p+1/t13-/m0/s1. The molecule has 25 heavy (non-hydrogen) atoms. The summed E-state index contributed by atoms with van der Waals surface area (Å²) in [5.41, 5.74) is 3.51. The second kappa shape index (κ2) is 7.37. The number of aryl methyl sites for hydroxylation is 1. The molecule has 0 aliphatic rings. The zero-order valence-electron chi connectivity index (χ0n) is 14.5. The van der Waals surface area contributed by atoms with Gasteiger partial charge in [0.1, 0.15) is 29.7 Å². The summed E-state index contributed by atoms with van der Waals surface area (Å²) < 4.78 is 7.84. The number of rotatable bonds is 5. The third-order valence-corrected chi connectivity index (χ3v) is 4.94. The van der Waals surface area contributed by atoms with Crippen LogP contribution in [-0.4, -0.2) is 16.5 Å². The van der Waals surface area contributed by atoms with E-state index in [9.17, 15) is 4.79 Å². The molecular formula is C19H21BrN3O2+. The van der Waals surface area contributed by atoms with Gasteiger partial charge in [-0.3, -0.25) is 9.20 Å². The number of pyridine rings is 1. The fraction of sp³-hybridized carbons (Fsp3) is 0.263. The molecule has 0 saturated heterocycles. The molecule has 1 aromatic carbocycles. The average Bonchev–Trinajstić information content (AvgIpc) is 2.59. The Morgan fingerprint density at radius 1 is 1.28 bits per heavy atom. The monoisotopic (exact) mass is 402 g/mol. The minimum absolute atomic E-state index is 0.0358. The van der Waals surface area contributed by atoms with Crippen LogP contribution in [0, 0.1) is 6.92 Å². The first-order valence-corrected chi connectivity index (χ1v) is 8.94. The van der Waals surface area contributed by atoms with Gasteiger partial charge in [-0.1, -0.05) is 6.07 Å². The third kappa shape index (κ3) is 3.75. The van der Waals surface area contributed by atoms with E-state index in [-0.39, 0.29) is 11.6 Å². The fourth-order valence-corrected chi connectivity index (χ4v) is 3.43. The molecule has 2 heterocycles. The molecule has 0 radical (unpaired) electrons. The van der Waals surface area contributed by atoms with Gasteiger partial charge in [-0.25, -0.2) is 4.98 Å². The number of ether oxygens (including phenoxy) is 1. The lowest BCUT2D eigenvalue weighted by molar-refractivity contribution is -0.708. The summed E-state index contributed by atoms with van der Waals surface area (Å²) in [7, 11) is 1.65. The van der Waals surface area contributed by atoms with E-state index < -0.39 is 0 Å². The Hall–Kier alpha value is -2.18. The first-order chi connectivity index (χ1) is 12.0. The van der Waals surface area contributed by atoms with Gasteiger partial charge in [-0.2, -0.15) is 0 Å². The maximum atomic E-state index is 12.3.